The molecule has 4 nitrogen and oxygen atoms in total. The molecule has 0 atom stereocenters. The summed E-state index contributed by atoms with van der Waals surface area (Å²) in [4.78, 5) is 9.99. The largest absolute Gasteiger partial charge is 0.309 e. The van der Waals surface area contributed by atoms with Crippen LogP contribution >= 0.6 is 0 Å². The van der Waals surface area contributed by atoms with Gasteiger partial charge in [0.25, 0.3) is 0 Å². The maximum Gasteiger partial charge on any atom is 0.235 e. The van der Waals surface area contributed by atoms with E-state index in [1.807, 2.05) is 53.1 Å². The van der Waals surface area contributed by atoms with Crippen molar-refractivity contribution in [1.82, 2.24) is 19.1 Å². The minimum Gasteiger partial charge on any atom is -0.309 e. The lowest BCUT2D eigenvalue weighted by atomic mass is 10.0. The van der Waals surface area contributed by atoms with E-state index in [1.165, 1.54) is 10.8 Å². The quantitative estimate of drug-likeness (QED) is 0.197. The molecule has 0 fully saturated rings. The fourth-order valence-corrected chi connectivity index (χ4v) is 7.10. The van der Waals surface area contributed by atoms with Crippen LogP contribution in [-0.2, 0) is 0 Å². The summed E-state index contributed by atoms with van der Waals surface area (Å²) in [6.45, 7) is 0. The zero-order chi connectivity index (χ0) is 36.0. The lowest BCUT2D eigenvalue weighted by Gasteiger charge is -2.12. The minimum atomic E-state index is -0.443. The molecule has 0 aliphatic carbocycles. The average Bonchev–Trinajstić information content (AvgIpc) is 3.72. The number of aromatic nitrogens is 4. The van der Waals surface area contributed by atoms with Crippen molar-refractivity contribution in [3.8, 4) is 34.0 Å². The third kappa shape index (κ3) is 4.03. The molecule has 0 radical (unpaired) electrons. The maximum atomic E-state index is 8.76. The standard InChI is InChI=1S/C44H28N4/c1-3-13-29(14-4-1)43-35-19-7-10-20-38(35)45-44(46-43)48-40-22-12-9-18-34(40)37-28-31(24-26-42(37)48)30-23-25-41-36(27-30)33-17-8-11-21-39(33)47(41)32-15-5-2-6-16-32/h1-28H/i1D,3D,4D,13D,14D. The summed E-state index contributed by atoms with van der Waals surface area (Å²) < 4.78 is 46.7. The van der Waals surface area contributed by atoms with Crippen molar-refractivity contribution in [3.05, 3.63) is 170 Å². The molecular weight excluding hydrogens is 585 g/mol. The van der Waals surface area contributed by atoms with E-state index in [9.17, 15) is 0 Å². The van der Waals surface area contributed by atoms with E-state index in [4.69, 9.17) is 16.8 Å². The summed E-state index contributed by atoms with van der Waals surface area (Å²) in [7, 11) is 0. The van der Waals surface area contributed by atoms with Crippen LogP contribution in [0.1, 0.15) is 6.85 Å². The highest BCUT2D eigenvalue weighted by Crippen LogP contribution is 2.38. The fourth-order valence-electron chi connectivity index (χ4n) is 7.10. The fraction of sp³-hybridized carbons (Fsp3) is 0. The van der Waals surface area contributed by atoms with E-state index in [0.717, 1.165) is 49.7 Å². The molecule has 10 rings (SSSR count). The van der Waals surface area contributed by atoms with Crippen LogP contribution in [0.25, 0.3) is 88.5 Å². The molecule has 0 N–H and O–H groups in total. The Balaban J connectivity index is 1.19. The van der Waals surface area contributed by atoms with E-state index in [0.29, 0.717) is 16.9 Å². The lowest BCUT2D eigenvalue weighted by molar-refractivity contribution is 1.01. The molecule has 0 aliphatic rings. The molecule has 10 aromatic rings. The van der Waals surface area contributed by atoms with Gasteiger partial charge in [-0.2, -0.15) is 0 Å². The number of fused-ring (bicyclic) bond motifs is 7. The van der Waals surface area contributed by atoms with Gasteiger partial charge in [-0.3, -0.25) is 4.57 Å². The second-order valence-electron chi connectivity index (χ2n) is 11.9. The molecule has 0 amide bonds. The Hall–Kier alpha value is -6.52. The van der Waals surface area contributed by atoms with Crippen molar-refractivity contribution in [2.75, 3.05) is 0 Å². The van der Waals surface area contributed by atoms with Gasteiger partial charge in [-0.05, 0) is 65.7 Å². The lowest BCUT2D eigenvalue weighted by Crippen LogP contribution is -2.03. The average molecular weight is 618 g/mol. The number of benzene rings is 7. The number of rotatable bonds is 4. The van der Waals surface area contributed by atoms with Gasteiger partial charge < -0.3 is 4.57 Å². The maximum absolute atomic E-state index is 8.76. The van der Waals surface area contributed by atoms with Crippen LogP contribution in [0.5, 0.6) is 0 Å². The molecule has 224 valence electrons. The molecule has 3 aromatic heterocycles. The number of nitrogens with zero attached hydrogens (tertiary/aromatic N) is 4. The predicted octanol–water partition coefficient (Wildman–Crippen LogP) is 11.2. The van der Waals surface area contributed by atoms with E-state index in [1.54, 1.807) is 0 Å². The summed E-state index contributed by atoms with van der Waals surface area (Å²) >= 11 is 0. The highest BCUT2D eigenvalue weighted by atomic mass is 15.2. The van der Waals surface area contributed by atoms with Crippen molar-refractivity contribution >= 4 is 54.5 Å². The normalized spacial score (nSPS) is 13.2. The molecule has 0 bridgehead atoms. The van der Waals surface area contributed by atoms with Crippen LogP contribution in [-0.4, -0.2) is 19.1 Å². The van der Waals surface area contributed by atoms with E-state index in [2.05, 4.69) is 95.6 Å². The van der Waals surface area contributed by atoms with Gasteiger partial charge in [0.05, 0.1) is 40.1 Å². The molecule has 4 heteroatoms. The summed E-state index contributed by atoms with van der Waals surface area (Å²) in [5, 5.41) is 5.00. The van der Waals surface area contributed by atoms with Crippen molar-refractivity contribution in [2.45, 2.75) is 0 Å². The predicted molar refractivity (Wildman–Crippen MR) is 199 cm³/mol. The van der Waals surface area contributed by atoms with Gasteiger partial charge in [-0.15, -0.1) is 0 Å². The first-order valence-electron chi connectivity index (χ1n) is 18.4. The molecule has 7 aromatic carbocycles. The zero-order valence-corrected chi connectivity index (χ0v) is 25.6. The van der Waals surface area contributed by atoms with Gasteiger partial charge in [0.1, 0.15) is 0 Å². The molecular formula is C44H28N4. The molecule has 0 unspecified atom stereocenters. The van der Waals surface area contributed by atoms with Crippen LogP contribution in [0.15, 0.2) is 170 Å². The SMILES string of the molecule is [2H]c1c([2H])c([2H])c(-c2nc(-n3c4ccccc4c4cc(-c5ccc6c(c5)c5ccccc5n6-c5ccccc5)ccc43)nc3ccccc23)c([2H])c1[2H]. The third-order valence-corrected chi connectivity index (χ3v) is 9.22. The number of para-hydroxylation sites is 4. The molecule has 0 spiro atoms. The first-order chi connectivity index (χ1) is 25.9. The molecule has 3 heterocycles. The second kappa shape index (κ2) is 10.5. The van der Waals surface area contributed by atoms with Crippen LogP contribution in [0.3, 0.4) is 0 Å². The van der Waals surface area contributed by atoms with Gasteiger partial charge in [0.15, 0.2) is 0 Å². The summed E-state index contributed by atoms with van der Waals surface area (Å²) in [5.41, 5.74) is 8.29. The molecule has 48 heavy (non-hydrogen) atoms. The van der Waals surface area contributed by atoms with Gasteiger partial charge in [0.2, 0.25) is 5.95 Å². The Labute approximate surface area is 283 Å². The van der Waals surface area contributed by atoms with E-state index >= 15 is 0 Å². The first-order valence-corrected chi connectivity index (χ1v) is 15.9. The minimum absolute atomic E-state index is 0.0444. The summed E-state index contributed by atoms with van der Waals surface area (Å²) in [6.07, 6.45) is 0. The van der Waals surface area contributed by atoms with Crippen LogP contribution in [0.4, 0.5) is 0 Å². The monoisotopic (exact) mass is 617 g/mol. The third-order valence-electron chi connectivity index (χ3n) is 9.22. The van der Waals surface area contributed by atoms with Gasteiger partial charge >= 0.3 is 0 Å². The Morgan fingerprint density at radius 2 is 0.958 bits per heavy atom. The number of hydrogen-bond acceptors (Lipinski definition) is 2. The number of hydrogen-bond donors (Lipinski definition) is 0. The van der Waals surface area contributed by atoms with Gasteiger partial charge in [-0.25, -0.2) is 9.97 Å². The highest BCUT2D eigenvalue weighted by Gasteiger charge is 2.18. The Morgan fingerprint density at radius 1 is 0.417 bits per heavy atom. The van der Waals surface area contributed by atoms with Crippen molar-refractivity contribution in [2.24, 2.45) is 0 Å². The van der Waals surface area contributed by atoms with Gasteiger partial charge in [-0.1, -0.05) is 115 Å². The summed E-state index contributed by atoms with van der Waals surface area (Å²) in [5.74, 6) is 0.347. The van der Waals surface area contributed by atoms with Crippen molar-refractivity contribution in [3.63, 3.8) is 0 Å². The first kappa shape index (κ1) is 22.1. The van der Waals surface area contributed by atoms with Crippen molar-refractivity contribution in [1.29, 1.82) is 0 Å². The Kier molecular flexibility index (Phi) is 4.84. The highest BCUT2D eigenvalue weighted by molar-refractivity contribution is 6.12. The van der Waals surface area contributed by atoms with Crippen LogP contribution in [0.2, 0.25) is 0 Å². The molecule has 0 aliphatic heterocycles. The Bertz CT molecular complexity index is 3100. The Morgan fingerprint density at radius 3 is 1.65 bits per heavy atom. The van der Waals surface area contributed by atoms with Gasteiger partial charge in [0, 0.05) is 38.2 Å². The van der Waals surface area contributed by atoms with E-state index < -0.39 is 18.1 Å². The smallest absolute Gasteiger partial charge is 0.235 e. The topological polar surface area (TPSA) is 35.6 Å². The molecule has 0 saturated carbocycles. The zero-order valence-electron chi connectivity index (χ0n) is 30.6. The van der Waals surface area contributed by atoms with Crippen LogP contribution in [0, 0.1) is 0 Å². The van der Waals surface area contributed by atoms with E-state index in [-0.39, 0.29) is 23.3 Å². The molecule has 0 saturated heterocycles. The summed E-state index contributed by atoms with van der Waals surface area (Å²) in [6, 6.07) is 45.7. The second-order valence-corrected chi connectivity index (χ2v) is 11.9. The van der Waals surface area contributed by atoms with Crippen molar-refractivity contribution < 1.29 is 6.85 Å². The van der Waals surface area contributed by atoms with Crippen LogP contribution < -0.4 is 0 Å².